The standard InChI is InChI=1S/C31H42N4O5.C7H12.C3H6/c1-21(18-33(3)26-16-28-9-10-29(17-26)39-28)35(20-36)25-12-14-34(15-13-25)19-24-6-11-30(32-22(24)2)40-27-7-4-23(5-8-27)31(37)38;1-4-6-7(3)5-2;1-3-2/h4-8,11,20-21,25-26,28-29H,9-10,12-19H2,1-3H3,(H,37,38);4,6H,1,5H2,2-3H3;3H,1H2,2H3/b;7-6+;. The molecular formula is C41H60N4O5. The molecule has 9 nitrogen and oxygen atoms in total. The number of hydrogen-bond donors (Lipinski definition) is 1. The summed E-state index contributed by atoms with van der Waals surface area (Å²) in [6, 6.07) is 11.2. The first-order valence-electron chi connectivity index (χ1n) is 18.1. The van der Waals surface area contributed by atoms with Crippen molar-refractivity contribution < 1.29 is 24.2 Å². The van der Waals surface area contributed by atoms with Crippen LogP contribution in [-0.2, 0) is 16.1 Å². The van der Waals surface area contributed by atoms with Crippen LogP contribution in [-0.4, -0.2) is 94.2 Å². The summed E-state index contributed by atoms with van der Waals surface area (Å²) < 4.78 is 11.8. The Morgan fingerprint density at radius 3 is 2.20 bits per heavy atom. The molecule has 3 saturated heterocycles. The quantitative estimate of drug-likeness (QED) is 0.128. The molecular weight excluding hydrogens is 628 g/mol. The summed E-state index contributed by atoms with van der Waals surface area (Å²) in [6.07, 6.45) is 15.2. The average molecular weight is 689 g/mol. The van der Waals surface area contributed by atoms with Crippen LogP contribution in [0.1, 0.15) is 94.3 Å². The van der Waals surface area contributed by atoms with Gasteiger partial charge in [-0.2, -0.15) is 0 Å². The molecule has 0 aliphatic carbocycles. The summed E-state index contributed by atoms with van der Waals surface area (Å²) in [7, 11) is 2.21. The number of amides is 1. The first kappa shape index (κ1) is 40.6. The molecule has 1 aromatic carbocycles. The summed E-state index contributed by atoms with van der Waals surface area (Å²) >= 11 is 0. The number of likely N-dealkylation sites (N-methyl/N-ethyl adjacent to an activating group) is 1. The number of nitrogens with zero attached hydrogens (tertiary/aromatic N) is 4. The second-order valence-corrected chi connectivity index (χ2v) is 13.8. The number of rotatable bonds is 13. The molecule has 5 rings (SSSR count). The number of carbonyl (C=O) groups is 2. The minimum Gasteiger partial charge on any atom is -0.478 e. The first-order chi connectivity index (χ1) is 24.0. The van der Waals surface area contributed by atoms with Crippen LogP contribution in [0.4, 0.5) is 0 Å². The summed E-state index contributed by atoms with van der Waals surface area (Å²) in [5.74, 6) is 0.0654. The second kappa shape index (κ2) is 20.8. The lowest BCUT2D eigenvalue weighted by molar-refractivity contribution is -0.124. The van der Waals surface area contributed by atoms with Gasteiger partial charge in [-0.15, -0.1) is 6.58 Å². The fourth-order valence-electron chi connectivity index (χ4n) is 6.91. The van der Waals surface area contributed by atoms with Gasteiger partial charge in [0.25, 0.3) is 0 Å². The number of fused-ring (bicyclic) bond motifs is 2. The number of carboxylic acids is 1. The number of ether oxygens (including phenoxy) is 2. The predicted molar refractivity (Wildman–Crippen MR) is 202 cm³/mol. The second-order valence-electron chi connectivity index (χ2n) is 13.8. The van der Waals surface area contributed by atoms with E-state index in [4.69, 9.17) is 14.6 Å². The Bertz CT molecular complexity index is 1390. The third-order valence-corrected chi connectivity index (χ3v) is 9.90. The largest absolute Gasteiger partial charge is 0.478 e. The Labute approximate surface area is 300 Å². The third-order valence-electron chi connectivity index (χ3n) is 9.90. The molecule has 2 aromatic rings. The van der Waals surface area contributed by atoms with Crippen molar-refractivity contribution in [2.75, 3.05) is 26.7 Å². The van der Waals surface area contributed by atoms with Gasteiger partial charge in [-0.05, 0) is 110 Å². The van der Waals surface area contributed by atoms with Gasteiger partial charge in [-0.25, -0.2) is 9.78 Å². The van der Waals surface area contributed by atoms with Crippen LogP contribution in [0.15, 0.2) is 73.4 Å². The van der Waals surface area contributed by atoms with E-state index < -0.39 is 5.97 Å². The van der Waals surface area contributed by atoms with Crippen LogP contribution in [0.3, 0.4) is 0 Å². The van der Waals surface area contributed by atoms with Crippen LogP contribution in [0.5, 0.6) is 11.6 Å². The molecule has 2 bridgehead atoms. The lowest BCUT2D eigenvalue weighted by atomic mass is 9.99. The van der Waals surface area contributed by atoms with E-state index in [1.165, 1.54) is 30.5 Å². The maximum atomic E-state index is 12.2. The number of pyridine rings is 1. The molecule has 3 atom stereocenters. The Morgan fingerprint density at radius 1 is 1.08 bits per heavy atom. The van der Waals surface area contributed by atoms with E-state index in [1.54, 1.807) is 18.2 Å². The molecule has 3 unspecified atom stereocenters. The minimum absolute atomic E-state index is 0.180. The van der Waals surface area contributed by atoms with Gasteiger partial charge in [0.2, 0.25) is 12.3 Å². The summed E-state index contributed by atoms with van der Waals surface area (Å²) in [4.78, 5) is 34.8. The van der Waals surface area contributed by atoms with E-state index >= 15 is 0 Å². The highest BCUT2D eigenvalue weighted by Crippen LogP contribution is 2.34. The Balaban J connectivity index is 0.000000596. The summed E-state index contributed by atoms with van der Waals surface area (Å²) in [5, 5.41) is 9.06. The number of hydrogen-bond acceptors (Lipinski definition) is 7. The summed E-state index contributed by atoms with van der Waals surface area (Å²) in [5.41, 5.74) is 3.67. The lowest BCUT2D eigenvalue weighted by Crippen LogP contribution is -2.52. The van der Waals surface area contributed by atoms with Crippen molar-refractivity contribution in [3.05, 3.63) is 90.2 Å². The highest BCUT2D eigenvalue weighted by molar-refractivity contribution is 5.87. The van der Waals surface area contributed by atoms with Crippen LogP contribution in [0.2, 0.25) is 0 Å². The van der Waals surface area contributed by atoms with Gasteiger partial charge in [0.15, 0.2) is 0 Å². The van der Waals surface area contributed by atoms with Crippen LogP contribution in [0, 0.1) is 6.92 Å². The lowest BCUT2D eigenvalue weighted by Gasteiger charge is -2.42. The minimum atomic E-state index is -0.966. The highest BCUT2D eigenvalue weighted by atomic mass is 16.5. The van der Waals surface area contributed by atoms with E-state index in [-0.39, 0.29) is 17.6 Å². The number of benzene rings is 1. The maximum absolute atomic E-state index is 12.2. The predicted octanol–water partition coefficient (Wildman–Crippen LogP) is 8.05. The van der Waals surface area contributed by atoms with Crippen molar-refractivity contribution in [1.82, 2.24) is 19.7 Å². The maximum Gasteiger partial charge on any atom is 0.335 e. The van der Waals surface area contributed by atoms with Crippen LogP contribution in [0.25, 0.3) is 0 Å². The smallest absolute Gasteiger partial charge is 0.335 e. The Hall–Kier alpha value is -3.79. The van der Waals surface area contributed by atoms with Gasteiger partial charge < -0.3 is 24.4 Å². The fourth-order valence-corrected chi connectivity index (χ4v) is 6.91. The van der Waals surface area contributed by atoms with Gasteiger partial charge in [0.1, 0.15) is 5.75 Å². The van der Waals surface area contributed by atoms with Gasteiger partial charge in [0, 0.05) is 56.1 Å². The molecule has 1 N–H and O–H groups in total. The van der Waals surface area contributed by atoms with Gasteiger partial charge in [0.05, 0.1) is 17.8 Å². The number of likely N-dealkylation sites (tertiary alicyclic amines) is 1. The Morgan fingerprint density at radius 2 is 1.70 bits per heavy atom. The van der Waals surface area contributed by atoms with E-state index in [0.29, 0.717) is 29.9 Å². The van der Waals surface area contributed by atoms with Gasteiger partial charge in [-0.3, -0.25) is 9.69 Å². The van der Waals surface area contributed by atoms with Crippen LogP contribution < -0.4 is 4.74 Å². The molecule has 50 heavy (non-hydrogen) atoms. The first-order valence-corrected chi connectivity index (χ1v) is 18.1. The normalized spacial score (nSPS) is 21.2. The molecule has 0 radical (unpaired) electrons. The number of allylic oxidation sites excluding steroid dienone is 4. The molecule has 4 heterocycles. The van der Waals surface area contributed by atoms with Crippen molar-refractivity contribution in [2.24, 2.45) is 0 Å². The van der Waals surface area contributed by atoms with Crippen molar-refractivity contribution in [3.8, 4) is 11.6 Å². The molecule has 3 fully saturated rings. The number of piperidine rings is 1. The molecule has 274 valence electrons. The zero-order chi connectivity index (χ0) is 36.6. The summed E-state index contributed by atoms with van der Waals surface area (Å²) in [6.45, 7) is 20.8. The average Bonchev–Trinajstić information content (AvgIpc) is 3.44. The molecule has 0 saturated carbocycles. The molecule has 0 spiro atoms. The zero-order valence-corrected chi connectivity index (χ0v) is 31.2. The molecule has 1 amide bonds. The van der Waals surface area contributed by atoms with Gasteiger partial charge >= 0.3 is 5.97 Å². The monoisotopic (exact) mass is 688 g/mol. The number of aromatic carboxylic acids is 1. The number of carbonyl (C=O) groups excluding carboxylic acids is 1. The van der Waals surface area contributed by atoms with Crippen molar-refractivity contribution >= 4 is 12.4 Å². The molecule has 1 aromatic heterocycles. The van der Waals surface area contributed by atoms with Crippen LogP contribution >= 0.6 is 0 Å². The van der Waals surface area contributed by atoms with E-state index in [0.717, 1.165) is 76.0 Å². The molecule has 9 heteroatoms. The third kappa shape index (κ3) is 12.5. The van der Waals surface area contributed by atoms with E-state index in [2.05, 4.69) is 60.7 Å². The van der Waals surface area contributed by atoms with Crippen molar-refractivity contribution in [2.45, 2.75) is 116 Å². The SMILES string of the molecule is C=C/C=C(\C)CC.C=CC.Cc1nc(Oc2ccc(C(=O)O)cc2)ccc1CN1CCC(N(C=O)C(C)CN(C)C2CC3CCC(C2)O3)CC1. The van der Waals surface area contributed by atoms with Crippen molar-refractivity contribution in [1.29, 1.82) is 0 Å². The fraction of sp³-hybridized carbons (Fsp3) is 0.537. The number of aromatic nitrogens is 1. The topological polar surface area (TPSA) is 95.4 Å². The number of carboxylic acid groups (broad SMARTS) is 1. The zero-order valence-electron chi connectivity index (χ0n) is 31.2. The number of aryl methyl sites for hydroxylation is 1. The van der Waals surface area contributed by atoms with E-state index in [9.17, 15) is 9.59 Å². The molecule has 3 aliphatic heterocycles. The molecule has 3 aliphatic rings. The highest BCUT2D eigenvalue weighted by Gasteiger charge is 2.37. The van der Waals surface area contributed by atoms with Gasteiger partial charge in [-0.1, -0.05) is 43.4 Å². The Kier molecular flexibility index (Phi) is 16.9. The van der Waals surface area contributed by atoms with Crippen molar-refractivity contribution in [3.63, 3.8) is 0 Å². The van der Waals surface area contributed by atoms with E-state index in [1.807, 2.05) is 38.1 Å².